The molecular weight excluding hydrogens is 319 g/mol. The molecule has 76 valence electrons. The van der Waals surface area contributed by atoms with Crippen molar-refractivity contribution in [3.8, 4) is 0 Å². The lowest BCUT2D eigenvalue weighted by Gasteiger charge is -1.92. The number of benzene rings is 1. The molecule has 0 saturated carbocycles. The van der Waals surface area contributed by atoms with E-state index in [2.05, 4.69) is 51.8 Å². The number of aromatic nitrogens is 1. The van der Waals surface area contributed by atoms with Gasteiger partial charge in [-0.15, -0.1) is 11.3 Å². The fourth-order valence-electron chi connectivity index (χ4n) is 1.13. The molecule has 2 nitrogen and oxygen atoms in total. The van der Waals surface area contributed by atoms with E-state index in [1.54, 1.807) is 0 Å². The molecular formula is C11H9IN2S. The Labute approximate surface area is 106 Å². The largest absolute Gasteiger partial charge is 0.375 e. The van der Waals surface area contributed by atoms with Crippen molar-refractivity contribution in [2.24, 2.45) is 0 Å². The van der Waals surface area contributed by atoms with Gasteiger partial charge >= 0.3 is 0 Å². The highest BCUT2D eigenvalue weighted by Crippen LogP contribution is 2.14. The smallest absolute Gasteiger partial charge is 0.180 e. The van der Waals surface area contributed by atoms with E-state index in [4.69, 9.17) is 5.73 Å². The Morgan fingerprint density at radius 3 is 2.53 bits per heavy atom. The summed E-state index contributed by atoms with van der Waals surface area (Å²) in [5, 5.41) is 2.55. The first-order chi connectivity index (χ1) is 7.24. The fraction of sp³-hybridized carbons (Fsp3) is 0. The Kier molecular flexibility index (Phi) is 3.37. The van der Waals surface area contributed by atoms with Crippen LogP contribution in [0.5, 0.6) is 0 Å². The molecule has 0 radical (unpaired) electrons. The van der Waals surface area contributed by atoms with Crippen LogP contribution in [0.2, 0.25) is 0 Å². The summed E-state index contributed by atoms with van der Waals surface area (Å²) in [5.74, 6) is 0. The third-order valence-electron chi connectivity index (χ3n) is 1.86. The van der Waals surface area contributed by atoms with Gasteiger partial charge in [-0.2, -0.15) is 0 Å². The number of thiazole rings is 1. The summed E-state index contributed by atoms with van der Waals surface area (Å²) in [6.45, 7) is 0. The molecule has 15 heavy (non-hydrogen) atoms. The lowest BCUT2D eigenvalue weighted by atomic mass is 10.2. The number of hydrogen-bond acceptors (Lipinski definition) is 3. The van der Waals surface area contributed by atoms with E-state index in [9.17, 15) is 0 Å². The predicted molar refractivity (Wildman–Crippen MR) is 74.6 cm³/mol. The van der Waals surface area contributed by atoms with Crippen LogP contribution in [0.3, 0.4) is 0 Å². The van der Waals surface area contributed by atoms with Gasteiger partial charge in [0.15, 0.2) is 5.13 Å². The molecule has 0 saturated heterocycles. The molecule has 0 aliphatic rings. The van der Waals surface area contributed by atoms with Crippen molar-refractivity contribution in [3.63, 3.8) is 0 Å². The summed E-state index contributed by atoms with van der Waals surface area (Å²) in [6.07, 6.45) is 4.00. The zero-order valence-corrected chi connectivity index (χ0v) is 10.8. The van der Waals surface area contributed by atoms with Crippen LogP contribution in [0.15, 0.2) is 29.6 Å². The van der Waals surface area contributed by atoms with Crippen LogP contribution in [-0.2, 0) is 0 Å². The highest BCUT2D eigenvalue weighted by Gasteiger charge is 1.93. The molecule has 2 rings (SSSR count). The van der Waals surface area contributed by atoms with Crippen molar-refractivity contribution >= 4 is 51.2 Å². The molecule has 0 amide bonds. The molecule has 1 aromatic heterocycles. The fourth-order valence-corrected chi connectivity index (χ4v) is 2.02. The molecule has 1 aromatic carbocycles. The maximum absolute atomic E-state index is 5.54. The average Bonchev–Trinajstić information content (AvgIpc) is 2.64. The predicted octanol–water partition coefficient (Wildman–Crippen LogP) is 3.50. The van der Waals surface area contributed by atoms with E-state index in [1.165, 1.54) is 20.5 Å². The summed E-state index contributed by atoms with van der Waals surface area (Å²) in [5.41, 5.74) is 7.62. The van der Waals surface area contributed by atoms with Gasteiger partial charge in [0.25, 0.3) is 0 Å². The van der Waals surface area contributed by atoms with Crippen LogP contribution in [0, 0.1) is 3.57 Å². The maximum atomic E-state index is 5.54. The zero-order chi connectivity index (χ0) is 10.7. The molecule has 1 heterocycles. The standard InChI is InChI=1S/C11H9IN2S/c12-9-4-1-8(2-5-9)3-6-10-7-15-11(13)14-10/h1-7H,(H2,13,14). The summed E-state index contributed by atoms with van der Waals surface area (Å²) in [6, 6.07) is 8.31. The summed E-state index contributed by atoms with van der Waals surface area (Å²) in [7, 11) is 0. The van der Waals surface area contributed by atoms with E-state index in [1.807, 2.05) is 17.5 Å². The minimum absolute atomic E-state index is 0.609. The molecule has 2 aromatic rings. The number of anilines is 1. The number of hydrogen-bond donors (Lipinski definition) is 1. The van der Waals surface area contributed by atoms with Crippen LogP contribution in [0.4, 0.5) is 5.13 Å². The first-order valence-electron chi connectivity index (χ1n) is 4.39. The van der Waals surface area contributed by atoms with Gasteiger partial charge in [-0.25, -0.2) is 4.98 Å². The van der Waals surface area contributed by atoms with Gasteiger partial charge in [0, 0.05) is 8.95 Å². The quantitative estimate of drug-likeness (QED) is 0.857. The summed E-state index contributed by atoms with van der Waals surface area (Å²) in [4.78, 5) is 4.15. The normalized spacial score (nSPS) is 11.0. The number of halogens is 1. The van der Waals surface area contributed by atoms with Crippen LogP contribution in [0.25, 0.3) is 12.2 Å². The first kappa shape index (κ1) is 10.6. The highest BCUT2D eigenvalue weighted by molar-refractivity contribution is 14.1. The Hall–Kier alpha value is -0.880. The minimum Gasteiger partial charge on any atom is -0.375 e. The second-order valence-corrected chi connectivity index (χ2v) is 5.13. The van der Waals surface area contributed by atoms with E-state index < -0.39 is 0 Å². The van der Waals surface area contributed by atoms with Crippen molar-refractivity contribution in [1.29, 1.82) is 0 Å². The highest BCUT2D eigenvalue weighted by atomic mass is 127. The van der Waals surface area contributed by atoms with Gasteiger partial charge in [0.1, 0.15) is 0 Å². The average molecular weight is 328 g/mol. The lowest BCUT2D eigenvalue weighted by molar-refractivity contribution is 1.39. The molecule has 0 fully saturated rings. The van der Waals surface area contributed by atoms with Gasteiger partial charge in [-0.1, -0.05) is 18.2 Å². The van der Waals surface area contributed by atoms with Crippen LogP contribution in [0.1, 0.15) is 11.3 Å². The lowest BCUT2D eigenvalue weighted by Crippen LogP contribution is -1.81. The number of nitrogens with zero attached hydrogens (tertiary/aromatic N) is 1. The molecule has 0 aliphatic carbocycles. The van der Waals surface area contributed by atoms with E-state index in [0.29, 0.717) is 5.13 Å². The molecule has 0 atom stereocenters. The Bertz CT molecular complexity index is 474. The Morgan fingerprint density at radius 1 is 1.20 bits per heavy atom. The molecule has 2 N–H and O–H groups in total. The number of nitrogens with two attached hydrogens (primary N) is 1. The minimum atomic E-state index is 0.609. The molecule has 0 bridgehead atoms. The third-order valence-corrected chi connectivity index (χ3v) is 3.27. The van der Waals surface area contributed by atoms with Crippen LogP contribution >= 0.6 is 33.9 Å². The number of nitrogen functional groups attached to an aromatic ring is 1. The monoisotopic (exact) mass is 328 g/mol. The zero-order valence-electron chi connectivity index (χ0n) is 7.85. The van der Waals surface area contributed by atoms with Crippen molar-refractivity contribution in [3.05, 3.63) is 44.5 Å². The van der Waals surface area contributed by atoms with E-state index in [-0.39, 0.29) is 0 Å². The van der Waals surface area contributed by atoms with Crippen molar-refractivity contribution in [2.75, 3.05) is 5.73 Å². The molecule has 0 spiro atoms. The van der Waals surface area contributed by atoms with Crippen molar-refractivity contribution in [1.82, 2.24) is 4.98 Å². The van der Waals surface area contributed by atoms with E-state index in [0.717, 1.165) is 5.69 Å². The molecule has 0 unspecified atom stereocenters. The third kappa shape index (κ3) is 3.04. The van der Waals surface area contributed by atoms with Gasteiger partial charge in [0.05, 0.1) is 5.69 Å². The topological polar surface area (TPSA) is 38.9 Å². The van der Waals surface area contributed by atoms with E-state index >= 15 is 0 Å². The Balaban J connectivity index is 2.14. The van der Waals surface area contributed by atoms with Gasteiger partial charge in [-0.3, -0.25) is 0 Å². The van der Waals surface area contributed by atoms with Crippen molar-refractivity contribution < 1.29 is 0 Å². The summed E-state index contributed by atoms with van der Waals surface area (Å²) < 4.78 is 1.24. The number of rotatable bonds is 2. The second-order valence-electron chi connectivity index (χ2n) is 3.00. The summed E-state index contributed by atoms with van der Waals surface area (Å²) >= 11 is 3.74. The second kappa shape index (κ2) is 4.76. The maximum Gasteiger partial charge on any atom is 0.180 e. The first-order valence-corrected chi connectivity index (χ1v) is 6.34. The van der Waals surface area contributed by atoms with Crippen LogP contribution in [-0.4, -0.2) is 4.98 Å². The van der Waals surface area contributed by atoms with Gasteiger partial charge in [0.2, 0.25) is 0 Å². The SMILES string of the molecule is Nc1nc(C=Cc2ccc(I)cc2)cs1. The molecule has 4 heteroatoms. The van der Waals surface area contributed by atoms with Crippen LogP contribution < -0.4 is 5.73 Å². The van der Waals surface area contributed by atoms with Crippen molar-refractivity contribution in [2.45, 2.75) is 0 Å². The van der Waals surface area contributed by atoms with Gasteiger partial charge in [-0.05, 0) is 46.4 Å². The Morgan fingerprint density at radius 2 is 1.93 bits per heavy atom. The molecule has 0 aliphatic heterocycles. The van der Waals surface area contributed by atoms with Gasteiger partial charge < -0.3 is 5.73 Å².